The first-order valence-corrected chi connectivity index (χ1v) is 12.9. The van der Waals surface area contributed by atoms with Crippen LogP contribution in [0.2, 0.25) is 0 Å². The molecule has 38 heavy (non-hydrogen) atoms. The van der Waals surface area contributed by atoms with E-state index in [0.29, 0.717) is 41.4 Å². The van der Waals surface area contributed by atoms with Crippen molar-refractivity contribution < 1.29 is 28.6 Å². The summed E-state index contributed by atoms with van der Waals surface area (Å²) in [4.78, 5) is 37.6. The molecule has 2 aromatic rings. The molecule has 0 saturated heterocycles. The van der Waals surface area contributed by atoms with Gasteiger partial charge >= 0.3 is 11.9 Å². The molecule has 0 heterocycles. The molecule has 2 aromatic carbocycles. The highest BCUT2D eigenvalue weighted by molar-refractivity contribution is 6.07. The van der Waals surface area contributed by atoms with Crippen molar-refractivity contribution in [3.8, 4) is 17.2 Å². The van der Waals surface area contributed by atoms with Crippen LogP contribution in [-0.2, 0) is 16.0 Å². The van der Waals surface area contributed by atoms with E-state index in [0.717, 1.165) is 12.0 Å². The maximum Gasteiger partial charge on any atom is 0.316 e. The molecule has 0 N–H and O–H groups in total. The van der Waals surface area contributed by atoms with Crippen LogP contribution >= 0.6 is 0 Å². The Labute approximate surface area is 226 Å². The van der Waals surface area contributed by atoms with Gasteiger partial charge in [0.15, 0.2) is 5.78 Å². The second-order valence-electron chi connectivity index (χ2n) is 11.1. The summed E-state index contributed by atoms with van der Waals surface area (Å²) in [5, 5.41) is 0. The molecule has 0 fully saturated rings. The lowest BCUT2D eigenvalue weighted by molar-refractivity contribution is -0.143. The molecule has 0 aliphatic carbocycles. The average molecular weight is 521 g/mol. The zero-order valence-electron chi connectivity index (χ0n) is 23.8. The van der Waals surface area contributed by atoms with Gasteiger partial charge in [-0.1, -0.05) is 19.1 Å². The highest BCUT2D eigenvalue weighted by Gasteiger charge is 2.25. The van der Waals surface area contributed by atoms with Crippen LogP contribution in [0.3, 0.4) is 0 Å². The van der Waals surface area contributed by atoms with Crippen molar-refractivity contribution in [2.75, 3.05) is 6.61 Å². The minimum atomic E-state index is -0.659. The van der Waals surface area contributed by atoms with E-state index in [1.165, 1.54) is 6.08 Å². The number of ketones is 1. The predicted octanol–water partition coefficient (Wildman–Crippen LogP) is 7.39. The monoisotopic (exact) mass is 520 g/mol. The van der Waals surface area contributed by atoms with E-state index in [9.17, 15) is 14.4 Å². The van der Waals surface area contributed by atoms with Crippen LogP contribution in [-0.4, -0.2) is 24.3 Å². The summed E-state index contributed by atoms with van der Waals surface area (Å²) < 4.78 is 17.1. The fraction of sp³-hybridized carbons (Fsp3) is 0.406. The molecular formula is C32H40O6. The van der Waals surface area contributed by atoms with E-state index in [4.69, 9.17) is 14.2 Å². The minimum Gasteiger partial charge on any atom is -0.493 e. The molecule has 6 nitrogen and oxygen atoms in total. The summed E-state index contributed by atoms with van der Waals surface area (Å²) in [7, 11) is 0. The van der Waals surface area contributed by atoms with Crippen molar-refractivity contribution in [1.82, 2.24) is 0 Å². The molecule has 0 bridgehead atoms. The quantitative estimate of drug-likeness (QED) is 0.107. The van der Waals surface area contributed by atoms with Crippen molar-refractivity contribution in [2.24, 2.45) is 10.8 Å². The van der Waals surface area contributed by atoms with Crippen molar-refractivity contribution >= 4 is 23.8 Å². The molecule has 0 saturated carbocycles. The zero-order chi connectivity index (χ0) is 28.5. The normalized spacial score (nSPS) is 12.1. The first-order chi connectivity index (χ1) is 17.8. The third kappa shape index (κ3) is 9.02. The summed E-state index contributed by atoms with van der Waals surface area (Å²) in [6.45, 7) is 15.2. The van der Waals surface area contributed by atoms with Gasteiger partial charge in [0.25, 0.3) is 0 Å². The van der Waals surface area contributed by atoms with Gasteiger partial charge in [-0.15, -0.1) is 0 Å². The lowest BCUT2D eigenvalue weighted by Gasteiger charge is -2.19. The fourth-order valence-electron chi connectivity index (χ4n) is 3.05. The molecule has 0 unspecified atom stereocenters. The van der Waals surface area contributed by atoms with E-state index in [1.54, 1.807) is 78.0 Å². The average Bonchev–Trinajstić information content (AvgIpc) is 2.84. The van der Waals surface area contributed by atoms with Crippen LogP contribution in [0.15, 0.2) is 54.6 Å². The number of ether oxygens (including phenoxy) is 3. The number of hydrogen-bond donors (Lipinski definition) is 0. The summed E-state index contributed by atoms with van der Waals surface area (Å²) in [5.41, 5.74) is 0.687. The van der Waals surface area contributed by atoms with E-state index < -0.39 is 10.8 Å². The summed E-state index contributed by atoms with van der Waals surface area (Å²) in [5.74, 6) is 0.463. The summed E-state index contributed by atoms with van der Waals surface area (Å²) in [6, 6.07) is 10.1. The van der Waals surface area contributed by atoms with Crippen LogP contribution in [0, 0.1) is 10.8 Å². The molecule has 2 rings (SSSR count). The number of carbonyl (C=O) groups excluding carboxylic acids is 3. The minimum absolute atomic E-state index is 0.210. The molecule has 0 atom stereocenters. The molecule has 204 valence electrons. The van der Waals surface area contributed by atoms with Gasteiger partial charge in [-0.05, 0) is 109 Å². The van der Waals surface area contributed by atoms with Crippen molar-refractivity contribution in [3.63, 3.8) is 0 Å². The van der Waals surface area contributed by atoms with E-state index >= 15 is 0 Å². The maximum atomic E-state index is 12.9. The van der Waals surface area contributed by atoms with Gasteiger partial charge in [-0.2, -0.15) is 0 Å². The van der Waals surface area contributed by atoms with Gasteiger partial charge in [-0.3, -0.25) is 14.4 Å². The maximum absolute atomic E-state index is 12.9. The van der Waals surface area contributed by atoms with Crippen LogP contribution in [0.5, 0.6) is 17.2 Å². The third-order valence-corrected chi connectivity index (χ3v) is 5.42. The van der Waals surface area contributed by atoms with E-state index in [2.05, 4.69) is 0 Å². The van der Waals surface area contributed by atoms with Crippen LogP contribution in [0.1, 0.15) is 83.3 Å². The fourth-order valence-corrected chi connectivity index (χ4v) is 3.05. The molecule has 0 aliphatic rings. The number of carbonyl (C=O) groups is 3. The van der Waals surface area contributed by atoms with Crippen molar-refractivity contribution in [1.29, 1.82) is 0 Å². The topological polar surface area (TPSA) is 78.9 Å². The lowest BCUT2D eigenvalue weighted by atomic mass is 9.97. The highest BCUT2D eigenvalue weighted by atomic mass is 16.5. The SMILES string of the molecule is C/C=C/Cc1cc(/C=C/C(=O)c2ccc(OC(=O)C(C)(C)C)cc2)c(OCCC)cc1OC(=O)C(C)(C)C. The van der Waals surface area contributed by atoms with Gasteiger partial charge in [0.05, 0.1) is 17.4 Å². The molecule has 0 spiro atoms. The molecular weight excluding hydrogens is 480 g/mol. The first kappa shape index (κ1) is 30.6. The number of esters is 2. The van der Waals surface area contributed by atoms with E-state index in [-0.39, 0.29) is 17.7 Å². The van der Waals surface area contributed by atoms with Gasteiger partial charge in [0.1, 0.15) is 17.2 Å². The third-order valence-electron chi connectivity index (χ3n) is 5.42. The van der Waals surface area contributed by atoms with E-state index in [1.807, 2.05) is 32.1 Å². The molecule has 0 radical (unpaired) electrons. The zero-order valence-corrected chi connectivity index (χ0v) is 23.8. The van der Waals surface area contributed by atoms with Crippen molar-refractivity contribution in [2.45, 2.75) is 68.2 Å². The van der Waals surface area contributed by atoms with Gasteiger partial charge in [0, 0.05) is 17.2 Å². The Balaban J connectivity index is 2.36. The smallest absolute Gasteiger partial charge is 0.316 e. The van der Waals surface area contributed by atoms with Crippen LogP contribution < -0.4 is 14.2 Å². The Morgan fingerprint density at radius 2 is 1.45 bits per heavy atom. The Morgan fingerprint density at radius 1 is 0.842 bits per heavy atom. The summed E-state index contributed by atoms with van der Waals surface area (Å²) >= 11 is 0. The number of hydrogen-bond acceptors (Lipinski definition) is 6. The van der Waals surface area contributed by atoms with Crippen LogP contribution in [0.25, 0.3) is 6.08 Å². The second kappa shape index (κ2) is 13.2. The van der Waals surface area contributed by atoms with Gasteiger partial charge < -0.3 is 14.2 Å². The first-order valence-electron chi connectivity index (χ1n) is 12.9. The Hall–Kier alpha value is -3.67. The van der Waals surface area contributed by atoms with Crippen LogP contribution in [0.4, 0.5) is 0 Å². The lowest BCUT2D eigenvalue weighted by Crippen LogP contribution is -2.26. The second-order valence-corrected chi connectivity index (χ2v) is 11.1. The molecule has 0 aromatic heterocycles. The largest absolute Gasteiger partial charge is 0.493 e. The van der Waals surface area contributed by atoms with Gasteiger partial charge in [0.2, 0.25) is 0 Å². The van der Waals surface area contributed by atoms with Gasteiger partial charge in [-0.25, -0.2) is 0 Å². The summed E-state index contributed by atoms with van der Waals surface area (Å²) in [6.07, 6.45) is 8.44. The van der Waals surface area contributed by atoms with Crippen molar-refractivity contribution in [3.05, 3.63) is 71.3 Å². The number of allylic oxidation sites excluding steroid dienone is 3. The Morgan fingerprint density at radius 3 is 2.00 bits per heavy atom. The Kier molecular flexibility index (Phi) is 10.6. The predicted molar refractivity (Wildman–Crippen MR) is 151 cm³/mol. The Bertz CT molecular complexity index is 1190. The standard InChI is InChI=1S/C32H40O6/c1-9-11-12-23-20-24(27(36-19-10-2)21-28(23)38-30(35)32(6,7)8)15-18-26(33)22-13-16-25(17-14-22)37-29(34)31(3,4)5/h9,11,13-18,20-21H,10,12,19H2,1-8H3/b11-9+,18-15+. The number of benzene rings is 2. The highest BCUT2D eigenvalue weighted by Crippen LogP contribution is 2.33. The molecule has 6 heteroatoms. The molecule has 0 aliphatic heterocycles. The number of rotatable bonds is 10. The molecule has 0 amide bonds.